The molecule has 0 radical (unpaired) electrons. The molecule has 1 N–H and O–H groups in total. The van der Waals surface area contributed by atoms with Crippen molar-refractivity contribution in [3.63, 3.8) is 0 Å². The average molecular weight is 196 g/mol. The summed E-state index contributed by atoms with van der Waals surface area (Å²) in [5.41, 5.74) is 0.959. The van der Waals surface area contributed by atoms with Gasteiger partial charge in [0.15, 0.2) is 13.1 Å². The molecule has 0 aliphatic rings. The van der Waals surface area contributed by atoms with Crippen LogP contribution in [0.15, 0.2) is 12.1 Å². The van der Waals surface area contributed by atoms with E-state index in [4.69, 9.17) is 9.47 Å². The molecular formula is C10H12O4. The summed E-state index contributed by atoms with van der Waals surface area (Å²) in [6, 6.07) is 3.05. The van der Waals surface area contributed by atoms with E-state index in [1.165, 1.54) is 13.2 Å². The number of hydrogen-bond acceptors (Lipinski definition) is 4. The molecule has 76 valence electrons. The van der Waals surface area contributed by atoms with Gasteiger partial charge < -0.3 is 14.6 Å². The van der Waals surface area contributed by atoms with Crippen molar-refractivity contribution in [2.75, 3.05) is 13.9 Å². The minimum atomic E-state index is -0.0777. The standard InChI is InChI=1S/C10H12O4/c1-7-3-8(14-6-13-2)4-10(12)9(7)5-11/h3-5,12H,6H2,1-2H3. The van der Waals surface area contributed by atoms with Gasteiger partial charge in [0.05, 0.1) is 5.56 Å². The Balaban J connectivity index is 2.95. The number of aromatic hydroxyl groups is 1. The Labute approximate surface area is 82.1 Å². The topological polar surface area (TPSA) is 55.8 Å². The van der Waals surface area contributed by atoms with Crippen LogP contribution in [0.5, 0.6) is 11.5 Å². The molecule has 4 heteroatoms. The first kappa shape index (κ1) is 10.5. The Morgan fingerprint density at radius 1 is 1.50 bits per heavy atom. The van der Waals surface area contributed by atoms with Gasteiger partial charge in [-0.15, -0.1) is 0 Å². The molecule has 0 aliphatic carbocycles. The minimum Gasteiger partial charge on any atom is -0.507 e. The lowest BCUT2D eigenvalue weighted by molar-refractivity contribution is 0.0509. The lowest BCUT2D eigenvalue weighted by atomic mass is 10.1. The number of phenolic OH excluding ortho intramolecular Hbond substituents is 1. The van der Waals surface area contributed by atoms with Gasteiger partial charge in [0.2, 0.25) is 0 Å². The summed E-state index contributed by atoms with van der Waals surface area (Å²) in [4.78, 5) is 10.5. The number of carbonyl (C=O) groups excluding carboxylic acids is 1. The van der Waals surface area contributed by atoms with E-state index in [1.807, 2.05) is 0 Å². The zero-order valence-corrected chi connectivity index (χ0v) is 8.11. The largest absolute Gasteiger partial charge is 0.507 e. The maximum atomic E-state index is 10.5. The molecule has 1 aromatic carbocycles. The molecular weight excluding hydrogens is 184 g/mol. The van der Waals surface area contributed by atoms with Crippen molar-refractivity contribution in [3.8, 4) is 11.5 Å². The number of rotatable bonds is 4. The number of phenols is 1. The zero-order valence-electron chi connectivity index (χ0n) is 8.11. The summed E-state index contributed by atoms with van der Waals surface area (Å²) in [6.45, 7) is 1.84. The second-order valence-corrected chi connectivity index (χ2v) is 2.84. The Hall–Kier alpha value is -1.55. The molecule has 0 saturated heterocycles. The van der Waals surface area contributed by atoms with Crippen molar-refractivity contribution in [2.24, 2.45) is 0 Å². The van der Waals surface area contributed by atoms with Crippen LogP contribution in [0.25, 0.3) is 0 Å². The van der Waals surface area contributed by atoms with Gasteiger partial charge in [-0.1, -0.05) is 0 Å². The van der Waals surface area contributed by atoms with Crippen LogP contribution in [0.3, 0.4) is 0 Å². The van der Waals surface area contributed by atoms with Gasteiger partial charge in [-0.25, -0.2) is 0 Å². The maximum absolute atomic E-state index is 10.5. The fourth-order valence-electron chi connectivity index (χ4n) is 1.11. The first-order valence-corrected chi connectivity index (χ1v) is 4.09. The first-order chi connectivity index (χ1) is 6.69. The number of methoxy groups -OCH3 is 1. The number of ether oxygens (including phenoxy) is 2. The summed E-state index contributed by atoms with van der Waals surface area (Å²) < 4.78 is 9.83. The fourth-order valence-corrected chi connectivity index (χ4v) is 1.11. The number of hydrogen-bond donors (Lipinski definition) is 1. The Bertz CT molecular complexity index is 310. The predicted molar refractivity (Wildman–Crippen MR) is 50.7 cm³/mol. The molecule has 0 bridgehead atoms. The van der Waals surface area contributed by atoms with E-state index in [2.05, 4.69) is 0 Å². The Kier molecular flexibility index (Phi) is 3.48. The van der Waals surface area contributed by atoms with Gasteiger partial charge in [-0.05, 0) is 18.6 Å². The summed E-state index contributed by atoms with van der Waals surface area (Å²) in [6.07, 6.45) is 0.616. The normalized spacial score (nSPS) is 9.86. The van der Waals surface area contributed by atoms with Gasteiger partial charge in [0.25, 0.3) is 0 Å². The quantitative estimate of drug-likeness (QED) is 0.585. The van der Waals surface area contributed by atoms with E-state index >= 15 is 0 Å². The maximum Gasteiger partial charge on any atom is 0.188 e. The molecule has 0 fully saturated rings. The van der Waals surface area contributed by atoms with E-state index in [-0.39, 0.29) is 18.1 Å². The van der Waals surface area contributed by atoms with Gasteiger partial charge in [-0.2, -0.15) is 0 Å². The lowest BCUT2D eigenvalue weighted by Crippen LogP contribution is -1.99. The molecule has 4 nitrogen and oxygen atoms in total. The Morgan fingerprint density at radius 3 is 2.71 bits per heavy atom. The van der Waals surface area contributed by atoms with Crippen LogP contribution >= 0.6 is 0 Å². The highest BCUT2D eigenvalue weighted by atomic mass is 16.7. The molecule has 1 rings (SSSR count). The smallest absolute Gasteiger partial charge is 0.188 e. The van der Waals surface area contributed by atoms with Crippen molar-refractivity contribution < 1.29 is 19.4 Å². The predicted octanol–water partition coefficient (Wildman–Crippen LogP) is 1.50. The van der Waals surface area contributed by atoms with E-state index in [9.17, 15) is 9.90 Å². The highest BCUT2D eigenvalue weighted by Gasteiger charge is 2.06. The third-order valence-corrected chi connectivity index (χ3v) is 1.80. The van der Waals surface area contributed by atoms with Crippen molar-refractivity contribution in [1.29, 1.82) is 0 Å². The summed E-state index contributed by atoms with van der Waals surface area (Å²) >= 11 is 0. The van der Waals surface area contributed by atoms with Crippen LogP contribution in [-0.2, 0) is 4.74 Å². The molecule has 14 heavy (non-hydrogen) atoms. The molecule has 0 heterocycles. The minimum absolute atomic E-state index is 0.0777. The van der Waals surface area contributed by atoms with Crippen LogP contribution in [0, 0.1) is 6.92 Å². The van der Waals surface area contributed by atoms with Gasteiger partial charge in [-0.3, -0.25) is 4.79 Å². The van der Waals surface area contributed by atoms with Gasteiger partial charge >= 0.3 is 0 Å². The summed E-state index contributed by atoms with van der Waals surface area (Å²) in [5.74, 6) is 0.401. The van der Waals surface area contributed by atoms with Crippen LogP contribution in [-0.4, -0.2) is 25.3 Å². The molecule has 0 amide bonds. The molecule has 0 atom stereocenters. The highest BCUT2D eigenvalue weighted by molar-refractivity contribution is 5.81. The van der Waals surface area contributed by atoms with E-state index in [0.717, 1.165) is 0 Å². The van der Waals surface area contributed by atoms with E-state index < -0.39 is 0 Å². The van der Waals surface area contributed by atoms with E-state index in [1.54, 1.807) is 13.0 Å². The average Bonchev–Trinajstić information content (AvgIpc) is 2.14. The van der Waals surface area contributed by atoms with E-state index in [0.29, 0.717) is 17.6 Å². The molecule has 0 saturated carbocycles. The number of aryl methyl sites for hydroxylation is 1. The van der Waals surface area contributed by atoms with Crippen LogP contribution in [0.2, 0.25) is 0 Å². The van der Waals surface area contributed by atoms with Crippen LogP contribution in [0.4, 0.5) is 0 Å². The second kappa shape index (κ2) is 4.62. The molecule has 0 spiro atoms. The van der Waals surface area contributed by atoms with Gasteiger partial charge in [0, 0.05) is 13.2 Å². The SMILES string of the molecule is COCOc1cc(C)c(C=O)c(O)c1. The molecule has 0 aromatic heterocycles. The molecule has 0 unspecified atom stereocenters. The lowest BCUT2D eigenvalue weighted by Gasteiger charge is -2.08. The van der Waals surface area contributed by atoms with Crippen LogP contribution < -0.4 is 4.74 Å². The zero-order chi connectivity index (χ0) is 10.6. The van der Waals surface area contributed by atoms with Crippen molar-refractivity contribution in [3.05, 3.63) is 23.3 Å². The van der Waals surface area contributed by atoms with Crippen LogP contribution in [0.1, 0.15) is 15.9 Å². The molecule has 0 aliphatic heterocycles. The fraction of sp³-hybridized carbons (Fsp3) is 0.300. The van der Waals surface area contributed by atoms with Crippen molar-refractivity contribution in [1.82, 2.24) is 0 Å². The summed E-state index contributed by atoms with van der Waals surface area (Å²) in [7, 11) is 1.51. The number of carbonyl (C=O) groups is 1. The first-order valence-electron chi connectivity index (χ1n) is 4.09. The van der Waals surface area contributed by atoms with Gasteiger partial charge in [0.1, 0.15) is 11.5 Å². The summed E-state index contributed by atoms with van der Waals surface area (Å²) in [5, 5.41) is 9.42. The number of aldehydes is 1. The third-order valence-electron chi connectivity index (χ3n) is 1.80. The third kappa shape index (κ3) is 2.23. The molecule has 1 aromatic rings. The van der Waals surface area contributed by atoms with Crippen molar-refractivity contribution in [2.45, 2.75) is 6.92 Å². The van der Waals surface area contributed by atoms with Crippen molar-refractivity contribution >= 4 is 6.29 Å². The Morgan fingerprint density at radius 2 is 2.21 bits per heavy atom. The number of benzene rings is 1. The second-order valence-electron chi connectivity index (χ2n) is 2.84. The monoisotopic (exact) mass is 196 g/mol. The highest BCUT2D eigenvalue weighted by Crippen LogP contribution is 2.25.